The molecule has 5 heteroatoms. The minimum absolute atomic E-state index is 0.619. The van der Waals surface area contributed by atoms with E-state index in [1.165, 1.54) is 22.2 Å². The lowest BCUT2D eigenvalue weighted by Gasteiger charge is -2.07. The Morgan fingerprint density at radius 2 is 1.52 bits per heavy atom. The second-order valence-corrected chi connectivity index (χ2v) is 8.50. The molecule has 0 aliphatic rings. The van der Waals surface area contributed by atoms with Crippen molar-refractivity contribution in [3.8, 4) is 0 Å². The zero-order chi connectivity index (χ0) is 19.1. The standard InChI is InChI=1S/C22H17Cl2NS2/c1-16-10-12-17(13-11-16)25-21(14-15-26-18-6-3-2-4-7-18)27-22-19(23)8-5-9-20(22)24/h2-15H,1H3. The first-order valence-electron chi connectivity index (χ1n) is 8.27. The molecule has 0 heterocycles. The molecule has 0 saturated heterocycles. The van der Waals surface area contributed by atoms with E-state index in [4.69, 9.17) is 28.2 Å². The molecule has 0 N–H and O–H groups in total. The summed E-state index contributed by atoms with van der Waals surface area (Å²) in [6, 6.07) is 23.8. The Morgan fingerprint density at radius 1 is 0.852 bits per heavy atom. The van der Waals surface area contributed by atoms with Gasteiger partial charge in [0.15, 0.2) is 0 Å². The molecule has 0 aliphatic heterocycles. The average Bonchev–Trinajstić information content (AvgIpc) is 2.67. The number of hydrogen-bond donors (Lipinski definition) is 0. The van der Waals surface area contributed by atoms with Gasteiger partial charge in [0.1, 0.15) is 5.04 Å². The summed E-state index contributed by atoms with van der Waals surface area (Å²) in [5.41, 5.74) is 2.09. The third-order valence-corrected chi connectivity index (χ3v) is 6.31. The summed E-state index contributed by atoms with van der Waals surface area (Å²) in [6.07, 6.45) is 1.99. The molecule has 0 aromatic heterocycles. The van der Waals surface area contributed by atoms with Crippen molar-refractivity contribution in [1.29, 1.82) is 0 Å². The number of benzene rings is 3. The van der Waals surface area contributed by atoms with Gasteiger partial charge in [-0.25, -0.2) is 4.99 Å². The molecule has 0 spiro atoms. The molecule has 0 saturated carbocycles. The minimum atomic E-state index is 0.619. The summed E-state index contributed by atoms with van der Waals surface area (Å²) in [7, 11) is 0. The van der Waals surface area contributed by atoms with Crippen molar-refractivity contribution in [3.63, 3.8) is 0 Å². The second kappa shape index (κ2) is 10.0. The predicted molar refractivity (Wildman–Crippen MR) is 122 cm³/mol. The molecule has 0 bridgehead atoms. The van der Waals surface area contributed by atoms with E-state index in [2.05, 4.69) is 19.1 Å². The van der Waals surface area contributed by atoms with Crippen LogP contribution in [0.2, 0.25) is 10.0 Å². The van der Waals surface area contributed by atoms with Gasteiger partial charge in [-0.05, 0) is 54.8 Å². The van der Waals surface area contributed by atoms with Gasteiger partial charge in [0, 0.05) is 4.90 Å². The van der Waals surface area contributed by atoms with E-state index in [-0.39, 0.29) is 0 Å². The maximum Gasteiger partial charge on any atom is 0.102 e. The molecular weight excluding hydrogens is 413 g/mol. The van der Waals surface area contributed by atoms with Crippen LogP contribution in [0.3, 0.4) is 0 Å². The number of rotatable bonds is 5. The van der Waals surface area contributed by atoms with E-state index >= 15 is 0 Å². The van der Waals surface area contributed by atoms with Crippen LogP contribution in [0.4, 0.5) is 5.69 Å². The monoisotopic (exact) mass is 429 g/mol. The van der Waals surface area contributed by atoms with Crippen molar-refractivity contribution in [2.45, 2.75) is 16.7 Å². The van der Waals surface area contributed by atoms with Gasteiger partial charge in [0.05, 0.1) is 20.6 Å². The Morgan fingerprint density at radius 3 is 2.19 bits per heavy atom. The normalized spacial score (nSPS) is 11.9. The lowest BCUT2D eigenvalue weighted by molar-refractivity contribution is 1.44. The van der Waals surface area contributed by atoms with E-state index in [0.717, 1.165) is 15.6 Å². The van der Waals surface area contributed by atoms with Crippen molar-refractivity contribution in [3.05, 3.63) is 99.9 Å². The Kier molecular flexibility index (Phi) is 7.48. The van der Waals surface area contributed by atoms with E-state index in [1.807, 2.05) is 72.1 Å². The summed E-state index contributed by atoms with van der Waals surface area (Å²) in [5, 5.41) is 4.08. The Labute approximate surface area is 178 Å². The molecule has 136 valence electrons. The van der Waals surface area contributed by atoms with Gasteiger partial charge in [0.2, 0.25) is 0 Å². The molecule has 3 aromatic rings. The van der Waals surface area contributed by atoms with Crippen LogP contribution in [-0.4, -0.2) is 5.04 Å². The van der Waals surface area contributed by atoms with Crippen LogP contribution in [0.5, 0.6) is 0 Å². The summed E-state index contributed by atoms with van der Waals surface area (Å²) >= 11 is 15.8. The van der Waals surface area contributed by atoms with Crippen molar-refractivity contribution in [2.24, 2.45) is 4.99 Å². The van der Waals surface area contributed by atoms with Gasteiger partial charge in [-0.1, -0.05) is 88.7 Å². The molecular formula is C22H17Cl2NS2. The number of halogens is 2. The molecule has 1 nitrogen and oxygen atoms in total. The Hall–Kier alpha value is -1.65. The lowest BCUT2D eigenvalue weighted by atomic mass is 10.2. The van der Waals surface area contributed by atoms with Gasteiger partial charge < -0.3 is 0 Å². The number of hydrogen-bond acceptors (Lipinski definition) is 3. The van der Waals surface area contributed by atoms with E-state index in [0.29, 0.717) is 10.0 Å². The summed E-state index contributed by atoms with van der Waals surface area (Å²) in [5.74, 6) is 0. The number of aryl methyl sites for hydroxylation is 1. The SMILES string of the molecule is Cc1ccc(N=C(C=CSc2ccccc2)Sc2c(Cl)cccc2Cl)cc1. The Balaban J connectivity index is 1.87. The summed E-state index contributed by atoms with van der Waals surface area (Å²) in [6.45, 7) is 2.06. The van der Waals surface area contributed by atoms with Gasteiger partial charge in [-0.2, -0.15) is 0 Å². The molecule has 0 atom stereocenters. The van der Waals surface area contributed by atoms with Crippen LogP contribution >= 0.6 is 46.7 Å². The van der Waals surface area contributed by atoms with Crippen LogP contribution in [0.15, 0.2) is 99.1 Å². The first-order valence-corrected chi connectivity index (χ1v) is 10.7. The highest BCUT2D eigenvalue weighted by molar-refractivity contribution is 8.14. The number of thioether (sulfide) groups is 2. The predicted octanol–water partition coefficient (Wildman–Crippen LogP) is 8.43. The highest BCUT2D eigenvalue weighted by atomic mass is 35.5. The van der Waals surface area contributed by atoms with Crippen LogP contribution in [0.1, 0.15) is 5.56 Å². The maximum atomic E-state index is 6.34. The van der Waals surface area contributed by atoms with Crippen molar-refractivity contribution in [1.82, 2.24) is 0 Å². The van der Waals surface area contributed by atoms with E-state index < -0.39 is 0 Å². The molecule has 0 unspecified atom stereocenters. The molecule has 3 aromatic carbocycles. The minimum Gasteiger partial charge on any atom is -0.242 e. The molecule has 0 fully saturated rings. The fourth-order valence-corrected chi connectivity index (χ4v) is 4.41. The highest BCUT2D eigenvalue weighted by Gasteiger charge is 2.09. The summed E-state index contributed by atoms with van der Waals surface area (Å²) < 4.78 is 0. The zero-order valence-electron chi connectivity index (χ0n) is 14.6. The third-order valence-electron chi connectivity index (χ3n) is 3.56. The highest BCUT2D eigenvalue weighted by Crippen LogP contribution is 2.36. The van der Waals surface area contributed by atoms with Gasteiger partial charge >= 0.3 is 0 Å². The van der Waals surface area contributed by atoms with Gasteiger partial charge in [-0.3, -0.25) is 0 Å². The zero-order valence-corrected chi connectivity index (χ0v) is 17.7. The maximum absolute atomic E-state index is 6.34. The fourth-order valence-electron chi connectivity index (χ4n) is 2.20. The third kappa shape index (κ3) is 6.18. The molecule has 3 rings (SSSR count). The van der Waals surface area contributed by atoms with Gasteiger partial charge in [0.25, 0.3) is 0 Å². The summed E-state index contributed by atoms with van der Waals surface area (Å²) in [4.78, 5) is 6.75. The lowest BCUT2D eigenvalue weighted by Crippen LogP contribution is -1.88. The quantitative estimate of drug-likeness (QED) is 0.229. The smallest absolute Gasteiger partial charge is 0.102 e. The first-order chi connectivity index (χ1) is 13.1. The van der Waals surface area contributed by atoms with Crippen molar-refractivity contribution < 1.29 is 0 Å². The van der Waals surface area contributed by atoms with Gasteiger partial charge in [-0.15, -0.1) is 0 Å². The largest absolute Gasteiger partial charge is 0.242 e. The van der Waals surface area contributed by atoms with Crippen LogP contribution in [0.25, 0.3) is 0 Å². The van der Waals surface area contributed by atoms with Crippen molar-refractivity contribution >= 4 is 57.5 Å². The molecule has 0 amide bonds. The molecule has 27 heavy (non-hydrogen) atoms. The second-order valence-electron chi connectivity index (χ2n) is 5.67. The van der Waals surface area contributed by atoms with E-state index in [1.54, 1.807) is 11.8 Å². The number of nitrogens with zero attached hydrogens (tertiary/aromatic N) is 1. The van der Waals surface area contributed by atoms with Crippen LogP contribution in [-0.2, 0) is 0 Å². The average molecular weight is 430 g/mol. The fraction of sp³-hybridized carbons (Fsp3) is 0.0455. The first kappa shape index (κ1) is 20.1. The van der Waals surface area contributed by atoms with Crippen molar-refractivity contribution in [2.75, 3.05) is 0 Å². The number of aliphatic imine (C=N–C) groups is 1. The van der Waals surface area contributed by atoms with Crippen LogP contribution in [0, 0.1) is 6.92 Å². The van der Waals surface area contributed by atoms with Crippen LogP contribution < -0.4 is 0 Å². The molecule has 0 radical (unpaired) electrons. The topological polar surface area (TPSA) is 12.4 Å². The Bertz CT molecular complexity index is 932. The van der Waals surface area contributed by atoms with E-state index in [9.17, 15) is 0 Å². The molecule has 0 aliphatic carbocycles.